The topological polar surface area (TPSA) is 3.24 Å². The van der Waals surface area contributed by atoms with Gasteiger partial charge in [0.05, 0.1) is 5.69 Å². The zero-order valence-corrected chi connectivity index (χ0v) is 31.3. The van der Waals surface area contributed by atoms with Gasteiger partial charge in [0, 0.05) is 16.9 Å². The van der Waals surface area contributed by atoms with Crippen LogP contribution in [-0.2, 0) is 0 Å². The quantitative estimate of drug-likeness (QED) is 0.154. The highest BCUT2D eigenvalue weighted by molar-refractivity contribution is 6.29. The Labute approximate surface area is 332 Å². The second-order valence-electron chi connectivity index (χ2n) is 14.9. The van der Waals surface area contributed by atoms with Crippen LogP contribution in [0.5, 0.6) is 0 Å². The minimum atomic E-state index is 1.10. The second kappa shape index (κ2) is 13.7. The summed E-state index contributed by atoms with van der Waals surface area (Å²) in [6, 6.07) is 82.1. The number of hydrogen-bond acceptors (Lipinski definition) is 1. The largest absolute Gasteiger partial charge is 0.310 e. The molecule has 11 aromatic rings. The molecule has 266 valence electrons. The van der Waals surface area contributed by atoms with Crippen LogP contribution < -0.4 is 4.90 Å². The summed E-state index contributed by atoms with van der Waals surface area (Å²) in [5.41, 5.74) is 10.5. The van der Waals surface area contributed by atoms with Crippen molar-refractivity contribution < 1.29 is 0 Å². The monoisotopic (exact) mass is 723 g/mol. The van der Waals surface area contributed by atoms with Crippen LogP contribution in [0.1, 0.15) is 0 Å². The molecule has 11 aromatic carbocycles. The predicted octanol–water partition coefficient (Wildman–Crippen LogP) is 15.9. The minimum Gasteiger partial charge on any atom is -0.310 e. The normalized spacial score (nSPS) is 11.5. The lowest BCUT2D eigenvalue weighted by atomic mass is 9.89. The third-order valence-corrected chi connectivity index (χ3v) is 11.6. The van der Waals surface area contributed by atoms with Crippen LogP contribution >= 0.6 is 0 Å². The Morgan fingerprint density at radius 1 is 0.246 bits per heavy atom. The molecule has 0 radical (unpaired) electrons. The third-order valence-electron chi connectivity index (χ3n) is 11.6. The number of para-hydroxylation sites is 1. The Morgan fingerprint density at radius 2 is 0.825 bits per heavy atom. The van der Waals surface area contributed by atoms with Gasteiger partial charge in [0.1, 0.15) is 0 Å². The highest BCUT2D eigenvalue weighted by Gasteiger charge is 2.19. The molecule has 0 aliphatic heterocycles. The number of fused-ring (bicyclic) bond motifs is 8. The summed E-state index contributed by atoms with van der Waals surface area (Å²) >= 11 is 0. The molecule has 0 saturated carbocycles. The maximum absolute atomic E-state index is 2.43. The Balaban J connectivity index is 1.12. The summed E-state index contributed by atoms with van der Waals surface area (Å²) in [4.78, 5) is 2.43. The van der Waals surface area contributed by atoms with Crippen LogP contribution in [0.25, 0.3) is 87.2 Å². The van der Waals surface area contributed by atoms with Crippen molar-refractivity contribution in [3.05, 3.63) is 224 Å². The van der Waals surface area contributed by atoms with Gasteiger partial charge in [0.15, 0.2) is 0 Å². The smallest absolute Gasteiger partial charge is 0.0540 e. The van der Waals surface area contributed by atoms with Crippen molar-refractivity contribution in [3.8, 4) is 33.4 Å². The standard InChI is InChI=1S/C56H37N/c1-3-14-38(15-4-1)42-29-30-44-35-48(33-32-43(44)34-42)57(54-25-12-11-21-49(54)39-16-5-2-6-17-39)47-20-13-19-45(36-47)53-37-46-31-28-41-27-26-40-18-7-8-22-50(40)55(41)56(46)52-24-10-9-23-51(52)53/h1-37H. The SMILES string of the molecule is c1ccc(-c2ccc3cc(N(c4cccc(-c5cc6ccc7ccc8ccccc8c7c6c6ccccc56)c4)c4ccccc4-c4ccccc4)ccc3c2)cc1. The number of hydrogen-bond donors (Lipinski definition) is 0. The molecular formula is C56H37N. The highest BCUT2D eigenvalue weighted by atomic mass is 15.1. The van der Waals surface area contributed by atoms with Gasteiger partial charge >= 0.3 is 0 Å². The van der Waals surface area contributed by atoms with Gasteiger partial charge in [0.25, 0.3) is 0 Å². The molecule has 0 fully saturated rings. The predicted molar refractivity (Wildman–Crippen MR) is 245 cm³/mol. The van der Waals surface area contributed by atoms with Gasteiger partial charge in [-0.25, -0.2) is 0 Å². The molecule has 0 unspecified atom stereocenters. The lowest BCUT2D eigenvalue weighted by Crippen LogP contribution is -2.11. The molecule has 0 aliphatic rings. The molecule has 0 saturated heterocycles. The molecule has 0 aromatic heterocycles. The van der Waals surface area contributed by atoms with Gasteiger partial charge in [0.2, 0.25) is 0 Å². The van der Waals surface area contributed by atoms with Crippen LogP contribution in [0, 0.1) is 0 Å². The maximum Gasteiger partial charge on any atom is 0.0540 e. The van der Waals surface area contributed by atoms with Crippen LogP contribution in [-0.4, -0.2) is 0 Å². The third kappa shape index (κ3) is 5.72. The lowest BCUT2D eigenvalue weighted by molar-refractivity contribution is 1.29. The van der Waals surface area contributed by atoms with Crippen LogP contribution in [0.3, 0.4) is 0 Å². The maximum atomic E-state index is 2.43. The summed E-state index contributed by atoms with van der Waals surface area (Å²) in [5, 5.41) is 12.6. The van der Waals surface area contributed by atoms with Gasteiger partial charge < -0.3 is 4.90 Å². The van der Waals surface area contributed by atoms with Crippen LogP contribution in [0.2, 0.25) is 0 Å². The van der Waals surface area contributed by atoms with Crippen LogP contribution in [0.15, 0.2) is 224 Å². The van der Waals surface area contributed by atoms with E-state index in [1.165, 1.54) is 87.2 Å². The van der Waals surface area contributed by atoms with Gasteiger partial charge in [-0.2, -0.15) is 0 Å². The molecule has 0 aliphatic carbocycles. The first-order chi connectivity index (χ1) is 28.3. The molecular weight excluding hydrogens is 687 g/mol. The molecule has 0 heterocycles. The van der Waals surface area contributed by atoms with Crippen molar-refractivity contribution in [1.82, 2.24) is 0 Å². The van der Waals surface area contributed by atoms with E-state index < -0.39 is 0 Å². The fourth-order valence-electron chi connectivity index (χ4n) is 8.88. The second-order valence-corrected chi connectivity index (χ2v) is 14.9. The Hall–Kier alpha value is -7.48. The molecule has 0 bridgehead atoms. The van der Waals surface area contributed by atoms with Crippen molar-refractivity contribution in [2.75, 3.05) is 4.90 Å². The van der Waals surface area contributed by atoms with E-state index in [-0.39, 0.29) is 0 Å². The first-order valence-corrected chi connectivity index (χ1v) is 19.7. The van der Waals surface area contributed by atoms with Crippen LogP contribution in [0.4, 0.5) is 17.1 Å². The van der Waals surface area contributed by atoms with E-state index in [0.29, 0.717) is 0 Å². The molecule has 0 amide bonds. The molecule has 57 heavy (non-hydrogen) atoms. The number of anilines is 3. The van der Waals surface area contributed by atoms with Gasteiger partial charge in [-0.3, -0.25) is 0 Å². The van der Waals surface area contributed by atoms with E-state index >= 15 is 0 Å². The Morgan fingerprint density at radius 3 is 1.67 bits per heavy atom. The number of rotatable bonds is 6. The van der Waals surface area contributed by atoms with Crippen molar-refractivity contribution in [3.63, 3.8) is 0 Å². The first kappa shape index (κ1) is 32.9. The van der Waals surface area contributed by atoms with Crippen molar-refractivity contribution >= 4 is 70.9 Å². The van der Waals surface area contributed by atoms with E-state index in [4.69, 9.17) is 0 Å². The van der Waals surface area contributed by atoms with E-state index in [0.717, 1.165) is 17.1 Å². The van der Waals surface area contributed by atoms with E-state index in [1.54, 1.807) is 0 Å². The molecule has 0 atom stereocenters. The summed E-state index contributed by atoms with van der Waals surface area (Å²) in [6.45, 7) is 0. The zero-order valence-electron chi connectivity index (χ0n) is 31.3. The van der Waals surface area contributed by atoms with Gasteiger partial charge in [-0.1, -0.05) is 182 Å². The average Bonchev–Trinajstić information content (AvgIpc) is 3.29. The van der Waals surface area contributed by atoms with Gasteiger partial charge in [-0.05, 0) is 124 Å². The first-order valence-electron chi connectivity index (χ1n) is 19.7. The molecule has 1 heteroatoms. The Kier molecular flexibility index (Phi) is 7.89. The van der Waals surface area contributed by atoms with Crippen molar-refractivity contribution in [2.45, 2.75) is 0 Å². The van der Waals surface area contributed by atoms with Crippen molar-refractivity contribution in [1.29, 1.82) is 0 Å². The molecule has 1 nitrogen and oxygen atoms in total. The van der Waals surface area contributed by atoms with E-state index in [9.17, 15) is 0 Å². The zero-order chi connectivity index (χ0) is 37.7. The molecule has 0 spiro atoms. The number of benzene rings is 11. The summed E-state index contributed by atoms with van der Waals surface area (Å²) in [6.07, 6.45) is 0. The fourth-order valence-corrected chi connectivity index (χ4v) is 8.88. The summed E-state index contributed by atoms with van der Waals surface area (Å²) < 4.78 is 0. The molecule has 11 rings (SSSR count). The van der Waals surface area contributed by atoms with Gasteiger partial charge in [-0.15, -0.1) is 0 Å². The average molecular weight is 724 g/mol. The Bertz CT molecular complexity index is 3290. The lowest BCUT2D eigenvalue weighted by Gasteiger charge is -2.29. The van der Waals surface area contributed by atoms with E-state index in [2.05, 4.69) is 229 Å². The fraction of sp³-hybridized carbons (Fsp3) is 0. The molecule has 0 N–H and O–H groups in total. The minimum absolute atomic E-state index is 1.10. The highest BCUT2D eigenvalue weighted by Crippen LogP contribution is 2.45. The number of nitrogens with zero attached hydrogens (tertiary/aromatic N) is 1. The summed E-state index contributed by atoms with van der Waals surface area (Å²) in [7, 11) is 0. The van der Waals surface area contributed by atoms with E-state index in [1.807, 2.05) is 0 Å². The summed E-state index contributed by atoms with van der Waals surface area (Å²) in [5.74, 6) is 0. The van der Waals surface area contributed by atoms with Crippen molar-refractivity contribution in [2.24, 2.45) is 0 Å².